The van der Waals surface area contributed by atoms with Gasteiger partial charge < -0.3 is 19.4 Å². The highest BCUT2D eigenvalue weighted by atomic mass is 16.5. The first-order valence-electron chi connectivity index (χ1n) is 11.2. The maximum Gasteiger partial charge on any atom is 0.248 e. The molecule has 2 aliphatic rings. The number of aromatic nitrogens is 3. The highest BCUT2D eigenvalue weighted by Gasteiger charge is 2.24. The Kier molecular flexibility index (Phi) is 5.84. The molecule has 0 amide bonds. The summed E-state index contributed by atoms with van der Waals surface area (Å²) in [5.41, 5.74) is 3.90. The number of hydrogen-bond donors (Lipinski definition) is 1. The second-order valence-corrected chi connectivity index (χ2v) is 8.49. The molecule has 3 aromatic rings. The van der Waals surface area contributed by atoms with Crippen molar-refractivity contribution in [1.82, 2.24) is 15.0 Å². The van der Waals surface area contributed by atoms with Crippen LogP contribution in [0.25, 0.3) is 11.0 Å². The number of anilines is 1. The van der Waals surface area contributed by atoms with Gasteiger partial charge in [-0.05, 0) is 55.7 Å². The van der Waals surface area contributed by atoms with Crippen molar-refractivity contribution in [1.29, 1.82) is 0 Å². The van der Waals surface area contributed by atoms with E-state index in [1.807, 2.05) is 6.07 Å². The fourth-order valence-electron chi connectivity index (χ4n) is 4.71. The number of rotatable bonds is 5. The van der Waals surface area contributed by atoms with Crippen molar-refractivity contribution in [2.24, 2.45) is 5.92 Å². The summed E-state index contributed by atoms with van der Waals surface area (Å²) in [6, 6.07) is 7.93. The molecule has 5 rings (SSSR count). The minimum absolute atomic E-state index is 0.0253. The Morgan fingerprint density at radius 2 is 1.87 bits per heavy atom. The van der Waals surface area contributed by atoms with Crippen LogP contribution in [0.4, 0.5) is 5.69 Å². The Morgan fingerprint density at radius 3 is 2.68 bits per heavy atom. The lowest BCUT2D eigenvalue weighted by Gasteiger charge is -2.31. The lowest BCUT2D eigenvalue weighted by molar-refractivity contribution is 0.122. The molecule has 0 spiro atoms. The summed E-state index contributed by atoms with van der Waals surface area (Å²) in [5.74, 6) is 1.42. The van der Waals surface area contributed by atoms with Gasteiger partial charge >= 0.3 is 0 Å². The van der Waals surface area contributed by atoms with Gasteiger partial charge in [0.25, 0.3) is 0 Å². The van der Waals surface area contributed by atoms with E-state index in [1.54, 1.807) is 24.7 Å². The second kappa shape index (κ2) is 9.06. The number of nitrogens with zero attached hydrogens (tertiary/aromatic N) is 3. The van der Waals surface area contributed by atoms with Crippen molar-refractivity contribution in [2.45, 2.75) is 38.2 Å². The topological polar surface area (TPSA) is 80.3 Å². The van der Waals surface area contributed by atoms with E-state index in [2.05, 4.69) is 32.0 Å². The highest BCUT2D eigenvalue weighted by molar-refractivity contribution is 5.85. The average Bonchev–Trinajstić information content (AvgIpc) is 2.81. The number of pyridine rings is 1. The van der Waals surface area contributed by atoms with Crippen molar-refractivity contribution in [3.05, 3.63) is 58.8 Å². The summed E-state index contributed by atoms with van der Waals surface area (Å²) >= 11 is 0. The Morgan fingerprint density at radius 1 is 1.06 bits per heavy atom. The summed E-state index contributed by atoms with van der Waals surface area (Å²) in [4.78, 5) is 25.6. The fraction of sp³-hybridized carbons (Fsp3) is 0.458. The smallest absolute Gasteiger partial charge is 0.248 e. The van der Waals surface area contributed by atoms with Gasteiger partial charge in [0.15, 0.2) is 0 Å². The molecular formula is C24H28N4O3. The van der Waals surface area contributed by atoms with Gasteiger partial charge in [-0.15, -0.1) is 0 Å². The SMILES string of the molecule is O=c1cc(CC2CCC(Oc3cc(N4CCOCC4)cc4nccnc34)CC2)cc[nH]1. The van der Waals surface area contributed by atoms with Crippen LogP contribution in [0.1, 0.15) is 31.2 Å². The molecule has 0 radical (unpaired) electrons. The van der Waals surface area contributed by atoms with Crippen LogP contribution in [0.15, 0.2) is 47.7 Å². The third-order valence-corrected chi connectivity index (χ3v) is 6.35. The van der Waals surface area contributed by atoms with Crippen LogP contribution in [-0.2, 0) is 11.2 Å². The van der Waals surface area contributed by atoms with E-state index in [0.29, 0.717) is 5.92 Å². The van der Waals surface area contributed by atoms with Crippen molar-refractivity contribution in [3.63, 3.8) is 0 Å². The first-order chi connectivity index (χ1) is 15.2. The molecule has 31 heavy (non-hydrogen) atoms. The highest BCUT2D eigenvalue weighted by Crippen LogP contribution is 2.34. The molecule has 1 aliphatic heterocycles. The van der Waals surface area contributed by atoms with Gasteiger partial charge in [-0.2, -0.15) is 0 Å². The van der Waals surface area contributed by atoms with Crippen LogP contribution >= 0.6 is 0 Å². The van der Waals surface area contributed by atoms with E-state index in [9.17, 15) is 4.79 Å². The van der Waals surface area contributed by atoms with Crippen LogP contribution in [0.3, 0.4) is 0 Å². The zero-order valence-corrected chi connectivity index (χ0v) is 17.6. The predicted molar refractivity (Wildman–Crippen MR) is 120 cm³/mol. The Labute approximate surface area is 181 Å². The third-order valence-electron chi connectivity index (χ3n) is 6.35. The van der Waals surface area contributed by atoms with Gasteiger partial charge in [-0.25, -0.2) is 4.98 Å². The third kappa shape index (κ3) is 4.71. The van der Waals surface area contributed by atoms with E-state index in [0.717, 1.165) is 86.4 Å². The van der Waals surface area contributed by atoms with E-state index in [4.69, 9.17) is 9.47 Å². The number of benzene rings is 1. The molecule has 3 heterocycles. The van der Waals surface area contributed by atoms with Gasteiger partial charge in [0, 0.05) is 49.5 Å². The molecule has 162 valence electrons. The van der Waals surface area contributed by atoms with Crippen LogP contribution < -0.4 is 15.2 Å². The first-order valence-corrected chi connectivity index (χ1v) is 11.2. The van der Waals surface area contributed by atoms with Crippen LogP contribution in [0.5, 0.6) is 5.75 Å². The molecule has 7 nitrogen and oxygen atoms in total. The monoisotopic (exact) mass is 420 g/mol. The summed E-state index contributed by atoms with van der Waals surface area (Å²) in [6.07, 6.45) is 10.6. The molecule has 1 N–H and O–H groups in total. The molecule has 1 aromatic carbocycles. The number of morpholine rings is 1. The summed E-state index contributed by atoms with van der Waals surface area (Å²) < 4.78 is 12.0. The molecule has 0 bridgehead atoms. The van der Waals surface area contributed by atoms with Crippen molar-refractivity contribution in [3.8, 4) is 5.75 Å². The van der Waals surface area contributed by atoms with Gasteiger partial charge in [-0.1, -0.05) is 0 Å². The first kappa shape index (κ1) is 20.0. The Balaban J connectivity index is 1.28. The molecule has 0 atom stereocenters. The molecule has 1 saturated heterocycles. The van der Waals surface area contributed by atoms with Crippen LogP contribution in [0.2, 0.25) is 0 Å². The predicted octanol–water partition coefficient (Wildman–Crippen LogP) is 3.34. The normalized spacial score (nSPS) is 21.9. The minimum atomic E-state index is -0.0253. The van der Waals surface area contributed by atoms with Gasteiger partial charge in [0.2, 0.25) is 5.56 Å². The number of nitrogens with one attached hydrogen (secondary N) is 1. The lowest BCUT2D eigenvalue weighted by Crippen LogP contribution is -2.36. The van der Waals surface area contributed by atoms with E-state index in [-0.39, 0.29) is 11.7 Å². The summed E-state index contributed by atoms with van der Waals surface area (Å²) in [6.45, 7) is 3.23. The van der Waals surface area contributed by atoms with Crippen molar-refractivity contribution < 1.29 is 9.47 Å². The van der Waals surface area contributed by atoms with Crippen molar-refractivity contribution in [2.75, 3.05) is 31.2 Å². The molecule has 7 heteroatoms. The maximum absolute atomic E-state index is 11.5. The number of ether oxygens (including phenoxy) is 2. The Hall–Kier alpha value is -2.93. The number of aromatic amines is 1. The largest absolute Gasteiger partial charge is 0.488 e. The minimum Gasteiger partial charge on any atom is -0.488 e. The molecule has 2 fully saturated rings. The molecule has 0 unspecified atom stereocenters. The quantitative estimate of drug-likeness (QED) is 0.682. The van der Waals surface area contributed by atoms with E-state index >= 15 is 0 Å². The molecule has 1 saturated carbocycles. The average molecular weight is 421 g/mol. The lowest BCUT2D eigenvalue weighted by atomic mass is 9.83. The van der Waals surface area contributed by atoms with Crippen molar-refractivity contribution >= 4 is 16.7 Å². The molecule has 2 aromatic heterocycles. The van der Waals surface area contributed by atoms with Gasteiger partial charge in [0.1, 0.15) is 11.3 Å². The maximum atomic E-state index is 11.5. The fourth-order valence-corrected chi connectivity index (χ4v) is 4.71. The molecular weight excluding hydrogens is 392 g/mol. The summed E-state index contributed by atoms with van der Waals surface area (Å²) in [7, 11) is 0. The van der Waals surface area contributed by atoms with E-state index in [1.165, 1.54) is 0 Å². The molecule has 1 aliphatic carbocycles. The van der Waals surface area contributed by atoms with Crippen LogP contribution in [-0.4, -0.2) is 47.4 Å². The number of fused-ring (bicyclic) bond motifs is 1. The van der Waals surface area contributed by atoms with Gasteiger partial charge in [-0.3, -0.25) is 9.78 Å². The van der Waals surface area contributed by atoms with E-state index < -0.39 is 0 Å². The zero-order chi connectivity index (χ0) is 21.0. The Bertz CT molecular complexity index is 1090. The standard InChI is InChI=1S/C24H28N4O3/c29-23-14-18(5-6-26-23)13-17-1-3-20(4-2-17)31-22-16-19(28-9-11-30-12-10-28)15-21-24(22)27-8-7-25-21/h5-8,14-17,20H,1-4,9-13H2,(H,26,29). The van der Waals surface area contributed by atoms with Gasteiger partial charge in [0.05, 0.1) is 24.8 Å². The zero-order valence-electron chi connectivity index (χ0n) is 17.6. The second-order valence-electron chi connectivity index (χ2n) is 8.49. The number of hydrogen-bond acceptors (Lipinski definition) is 6. The summed E-state index contributed by atoms with van der Waals surface area (Å²) in [5, 5.41) is 0. The number of H-pyrrole nitrogens is 1. The van der Waals surface area contributed by atoms with Crippen LogP contribution in [0, 0.1) is 5.92 Å².